The van der Waals surface area contributed by atoms with Crippen LogP contribution in [0, 0.1) is 5.92 Å². The van der Waals surface area contributed by atoms with Gasteiger partial charge in [0.15, 0.2) is 0 Å². The topological polar surface area (TPSA) is 38.9 Å². The van der Waals surface area contributed by atoms with E-state index in [1.165, 1.54) is 0 Å². The maximum absolute atomic E-state index is 6.23. The van der Waals surface area contributed by atoms with Crippen LogP contribution in [0.5, 0.6) is 0 Å². The molecule has 1 heterocycles. The van der Waals surface area contributed by atoms with Crippen LogP contribution >= 0.6 is 11.3 Å². The van der Waals surface area contributed by atoms with E-state index in [1.807, 2.05) is 11.6 Å². The van der Waals surface area contributed by atoms with Gasteiger partial charge in [-0.15, -0.1) is 11.3 Å². The molecule has 0 aliphatic carbocycles. The summed E-state index contributed by atoms with van der Waals surface area (Å²) in [6.45, 7) is 6.49. The number of hydrogen-bond donors (Lipinski definition) is 1. The average molecular weight is 198 g/mol. The first-order valence-corrected chi connectivity index (χ1v) is 5.61. The molecule has 2 unspecified atom stereocenters. The van der Waals surface area contributed by atoms with Crippen LogP contribution in [0.1, 0.15) is 32.2 Å². The van der Waals surface area contributed by atoms with Crippen molar-refractivity contribution in [1.82, 2.24) is 4.98 Å². The van der Waals surface area contributed by atoms with Crippen molar-refractivity contribution in [1.29, 1.82) is 0 Å². The lowest BCUT2D eigenvalue weighted by Crippen LogP contribution is -2.44. The first-order chi connectivity index (χ1) is 6.06. The van der Waals surface area contributed by atoms with E-state index in [2.05, 4.69) is 25.8 Å². The van der Waals surface area contributed by atoms with Crippen molar-refractivity contribution in [3.05, 3.63) is 16.6 Å². The fourth-order valence-corrected chi connectivity index (χ4v) is 2.10. The molecule has 13 heavy (non-hydrogen) atoms. The molecule has 0 spiro atoms. The molecule has 0 bridgehead atoms. The molecule has 0 radical (unpaired) electrons. The minimum absolute atomic E-state index is 0.118. The van der Waals surface area contributed by atoms with Crippen molar-refractivity contribution in [3.8, 4) is 0 Å². The van der Waals surface area contributed by atoms with Crippen molar-refractivity contribution in [2.45, 2.75) is 39.2 Å². The molecule has 0 amide bonds. The lowest BCUT2D eigenvalue weighted by molar-refractivity contribution is 0.306. The predicted octanol–water partition coefficient (Wildman–Crippen LogP) is 2.45. The van der Waals surface area contributed by atoms with Gasteiger partial charge >= 0.3 is 0 Å². The summed E-state index contributed by atoms with van der Waals surface area (Å²) >= 11 is 1.69. The summed E-state index contributed by atoms with van der Waals surface area (Å²) in [5.74, 6) is 0.538. The Labute approximate surface area is 84.2 Å². The van der Waals surface area contributed by atoms with E-state index in [-0.39, 0.29) is 5.54 Å². The van der Waals surface area contributed by atoms with Gasteiger partial charge in [-0.3, -0.25) is 0 Å². The number of rotatable bonds is 4. The van der Waals surface area contributed by atoms with Crippen molar-refractivity contribution in [2.24, 2.45) is 11.7 Å². The lowest BCUT2D eigenvalue weighted by Gasteiger charge is -2.30. The van der Waals surface area contributed by atoms with Gasteiger partial charge in [-0.1, -0.05) is 20.3 Å². The largest absolute Gasteiger partial charge is 0.325 e. The Morgan fingerprint density at radius 2 is 2.38 bits per heavy atom. The van der Waals surface area contributed by atoms with Gasteiger partial charge < -0.3 is 5.73 Å². The van der Waals surface area contributed by atoms with Gasteiger partial charge in [-0.05, 0) is 12.8 Å². The first kappa shape index (κ1) is 10.7. The number of aromatic nitrogens is 1. The SMILES string of the molecule is CCC(C)C(C)(N)Cc1nccs1. The third kappa shape index (κ3) is 2.78. The minimum Gasteiger partial charge on any atom is -0.325 e. The maximum atomic E-state index is 6.23. The standard InChI is InChI=1S/C10H18N2S/c1-4-8(2)10(3,11)7-9-12-5-6-13-9/h5-6,8H,4,7,11H2,1-3H3. The maximum Gasteiger partial charge on any atom is 0.0943 e. The third-order valence-electron chi connectivity index (χ3n) is 2.75. The molecule has 1 aromatic heterocycles. The van der Waals surface area contributed by atoms with Gasteiger partial charge in [0.25, 0.3) is 0 Å². The van der Waals surface area contributed by atoms with Crippen LogP contribution in [0.4, 0.5) is 0 Å². The summed E-state index contributed by atoms with van der Waals surface area (Å²) in [5, 5.41) is 3.15. The second-order valence-electron chi connectivity index (χ2n) is 3.92. The Bertz CT molecular complexity index is 241. The van der Waals surface area contributed by atoms with Crippen molar-refractivity contribution in [2.75, 3.05) is 0 Å². The molecule has 2 N–H and O–H groups in total. The molecule has 0 fully saturated rings. The molecule has 0 aliphatic heterocycles. The highest BCUT2D eigenvalue weighted by Crippen LogP contribution is 2.22. The monoisotopic (exact) mass is 198 g/mol. The highest BCUT2D eigenvalue weighted by Gasteiger charge is 2.26. The summed E-state index contributed by atoms with van der Waals surface area (Å²) in [6, 6.07) is 0. The smallest absolute Gasteiger partial charge is 0.0943 e. The third-order valence-corrected chi connectivity index (χ3v) is 3.53. The molecule has 74 valence electrons. The van der Waals surface area contributed by atoms with E-state index in [0.717, 1.165) is 17.8 Å². The van der Waals surface area contributed by atoms with E-state index in [1.54, 1.807) is 11.3 Å². The van der Waals surface area contributed by atoms with Gasteiger partial charge in [0.05, 0.1) is 5.01 Å². The molecular formula is C10H18N2S. The predicted molar refractivity (Wildman–Crippen MR) is 57.9 cm³/mol. The molecule has 0 saturated heterocycles. The lowest BCUT2D eigenvalue weighted by atomic mass is 9.83. The molecule has 0 aromatic carbocycles. The van der Waals surface area contributed by atoms with E-state index in [9.17, 15) is 0 Å². The van der Waals surface area contributed by atoms with E-state index < -0.39 is 0 Å². The van der Waals surface area contributed by atoms with E-state index in [4.69, 9.17) is 5.73 Å². The Morgan fingerprint density at radius 3 is 2.85 bits per heavy atom. The van der Waals surface area contributed by atoms with Crippen molar-refractivity contribution in [3.63, 3.8) is 0 Å². The Kier molecular flexibility index (Phi) is 3.45. The van der Waals surface area contributed by atoms with Crippen LogP contribution in [-0.2, 0) is 6.42 Å². The van der Waals surface area contributed by atoms with Gasteiger partial charge in [0, 0.05) is 23.5 Å². The number of nitrogens with zero attached hydrogens (tertiary/aromatic N) is 1. The minimum atomic E-state index is -0.118. The molecule has 2 nitrogen and oxygen atoms in total. The summed E-state index contributed by atoms with van der Waals surface area (Å²) in [4.78, 5) is 4.26. The quantitative estimate of drug-likeness (QED) is 0.807. The van der Waals surface area contributed by atoms with Crippen LogP contribution in [0.3, 0.4) is 0 Å². The zero-order chi connectivity index (χ0) is 9.90. The number of thiazole rings is 1. The summed E-state index contributed by atoms with van der Waals surface area (Å²) < 4.78 is 0. The van der Waals surface area contributed by atoms with Crippen molar-refractivity contribution >= 4 is 11.3 Å². The van der Waals surface area contributed by atoms with Gasteiger partial charge in [0.2, 0.25) is 0 Å². The molecule has 2 atom stereocenters. The number of nitrogens with two attached hydrogens (primary N) is 1. The molecule has 0 aliphatic rings. The van der Waals surface area contributed by atoms with Gasteiger partial charge in [0.1, 0.15) is 0 Å². The fourth-order valence-electron chi connectivity index (χ4n) is 1.31. The molecule has 3 heteroatoms. The van der Waals surface area contributed by atoms with Crippen LogP contribution < -0.4 is 5.73 Å². The second-order valence-corrected chi connectivity index (χ2v) is 4.90. The van der Waals surface area contributed by atoms with Gasteiger partial charge in [-0.2, -0.15) is 0 Å². The van der Waals surface area contributed by atoms with Crippen LogP contribution in [-0.4, -0.2) is 10.5 Å². The summed E-state index contributed by atoms with van der Waals surface area (Å²) in [5.41, 5.74) is 6.11. The van der Waals surface area contributed by atoms with E-state index in [0.29, 0.717) is 5.92 Å². The molecular weight excluding hydrogens is 180 g/mol. The normalized spacial score (nSPS) is 18.2. The zero-order valence-electron chi connectivity index (χ0n) is 8.58. The zero-order valence-corrected chi connectivity index (χ0v) is 9.40. The van der Waals surface area contributed by atoms with Crippen LogP contribution in [0.15, 0.2) is 11.6 Å². The molecule has 0 saturated carbocycles. The highest BCUT2D eigenvalue weighted by atomic mass is 32.1. The summed E-state index contributed by atoms with van der Waals surface area (Å²) in [6.07, 6.45) is 3.85. The Balaban J connectivity index is 2.61. The first-order valence-electron chi connectivity index (χ1n) is 4.73. The van der Waals surface area contributed by atoms with Crippen molar-refractivity contribution < 1.29 is 0 Å². The van der Waals surface area contributed by atoms with Crippen LogP contribution in [0.25, 0.3) is 0 Å². The summed E-state index contributed by atoms with van der Waals surface area (Å²) in [7, 11) is 0. The fraction of sp³-hybridized carbons (Fsp3) is 0.700. The highest BCUT2D eigenvalue weighted by molar-refractivity contribution is 7.09. The molecule has 1 rings (SSSR count). The Morgan fingerprint density at radius 1 is 1.69 bits per heavy atom. The average Bonchev–Trinajstić information content (AvgIpc) is 2.54. The number of hydrogen-bond acceptors (Lipinski definition) is 3. The van der Waals surface area contributed by atoms with Gasteiger partial charge in [-0.25, -0.2) is 4.98 Å². The molecule has 1 aromatic rings. The van der Waals surface area contributed by atoms with Crippen LogP contribution in [0.2, 0.25) is 0 Å². The van der Waals surface area contributed by atoms with E-state index >= 15 is 0 Å². The Hall–Kier alpha value is -0.410. The second kappa shape index (κ2) is 4.20.